The second kappa shape index (κ2) is 13.8. The molecule has 4 nitrogen and oxygen atoms in total. The normalized spacial score (nSPS) is 14.0. The summed E-state index contributed by atoms with van der Waals surface area (Å²) in [6.45, 7) is 13.3. The van der Waals surface area contributed by atoms with Crippen molar-refractivity contribution in [3.05, 3.63) is 24.3 Å². The fourth-order valence-electron chi connectivity index (χ4n) is 2.67. The molecule has 0 bridgehead atoms. The Morgan fingerprint density at radius 1 is 1.17 bits per heavy atom. The third-order valence-corrected chi connectivity index (χ3v) is 4.01. The summed E-state index contributed by atoms with van der Waals surface area (Å²) in [5, 5.41) is 3.35. The molecule has 0 spiro atoms. The summed E-state index contributed by atoms with van der Waals surface area (Å²) in [5.41, 5.74) is 7.86. The van der Waals surface area contributed by atoms with Gasteiger partial charge in [0.25, 0.3) is 0 Å². The number of rotatable bonds is 6. The predicted molar refractivity (Wildman–Crippen MR) is 109 cm³/mol. The molecule has 1 heterocycles. The molecule has 24 heavy (non-hydrogen) atoms. The molecule has 0 aromatic heterocycles. The van der Waals surface area contributed by atoms with E-state index in [-0.39, 0.29) is 7.34 Å². The lowest BCUT2D eigenvalue weighted by atomic mass is 9.93. The molecule has 1 aromatic carbocycles. The van der Waals surface area contributed by atoms with E-state index in [2.05, 4.69) is 34.5 Å². The number of anilines is 2. The average Bonchev–Trinajstić information content (AvgIpc) is 2.66. The maximum atomic E-state index is 11.4. The number of piperidine rings is 1. The highest BCUT2D eigenvalue weighted by atomic mass is 16.1. The van der Waals surface area contributed by atoms with E-state index >= 15 is 0 Å². The first-order chi connectivity index (χ1) is 11.7. The smallest absolute Gasteiger partial charge is 0.133 e. The first-order valence-electron chi connectivity index (χ1n) is 9.50. The lowest BCUT2D eigenvalue weighted by molar-refractivity contribution is -0.121. The molecule has 4 heteroatoms. The third-order valence-electron chi connectivity index (χ3n) is 4.01. The van der Waals surface area contributed by atoms with Gasteiger partial charge in [0.1, 0.15) is 5.78 Å². The van der Waals surface area contributed by atoms with Gasteiger partial charge in [-0.05, 0) is 57.0 Å². The van der Waals surface area contributed by atoms with Gasteiger partial charge in [0.2, 0.25) is 0 Å². The van der Waals surface area contributed by atoms with Crippen LogP contribution in [0, 0.1) is 5.92 Å². The standard InChI is InChI=1S/C16H25N3O.2C2H6.H2/c1-13(20)14-7-11-19(12-8-14)16-5-3-15(4-6-16)18-10-2-9-17;2*1-2;/h3-6,14,18H,2,7-12,17H2,1H3;2*1-2H3;1H. The number of Topliss-reactive ketones (excluding diaryl/α,β-unsaturated/α-hetero) is 1. The van der Waals surface area contributed by atoms with Crippen LogP contribution >= 0.6 is 0 Å². The maximum Gasteiger partial charge on any atom is 0.133 e. The van der Waals surface area contributed by atoms with Gasteiger partial charge in [-0.15, -0.1) is 0 Å². The molecule has 0 saturated carbocycles. The quantitative estimate of drug-likeness (QED) is 0.748. The molecule has 1 aromatic rings. The van der Waals surface area contributed by atoms with Crippen LogP contribution in [-0.4, -0.2) is 32.0 Å². The molecule has 0 aliphatic carbocycles. The minimum absolute atomic E-state index is 0. The molecule has 0 radical (unpaired) electrons. The van der Waals surface area contributed by atoms with Crippen LogP contribution in [0.15, 0.2) is 24.3 Å². The van der Waals surface area contributed by atoms with Crippen LogP contribution < -0.4 is 16.0 Å². The second-order valence-corrected chi connectivity index (χ2v) is 5.49. The molecule has 1 saturated heterocycles. The van der Waals surface area contributed by atoms with E-state index in [1.165, 1.54) is 5.69 Å². The third kappa shape index (κ3) is 7.82. The van der Waals surface area contributed by atoms with Gasteiger partial charge in [-0.3, -0.25) is 4.79 Å². The zero-order chi connectivity index (χ0) is 18.4. The van der Waals surface area contributed by atoms with Crippen LogP contribution in [0.1, 0.15) is 55.3 Å². The van der Waals surface area contributed by atoms with Crippen molar-refractivity contribution < 1.29 is 6.22 Å². The Morgan fingerprint density at radius 3 is 2.17 bits per heavy atom. The first kappa shape index (κ1) is 22.4. The molecule has 140 valence electrons. The fraction of sp³-hybridized carbons (Fsp3) is 0.650. The molecular formula is C20H39N3O. The zero-order valence-electron chi connectivity index (χ0n) is 16.3. The predicted octanol–water partition coefficient (Wildman–Crippen LogP) is 4.55. The maximum absolute atomic E-state index is 11.4. The highest BCUT2D eigenvalue weighted by Gasteiger charge is 2.22. The van der Waals surface area contributed by atoms with Crippen LogP contribution in [0.2, 0.25) is 0 Å². The minimum Gasteiger partial charge on any atom is -0.385 e. The van der Waals surface area contributed by atoms with E-state index in [4.69, 9.17) is 5.73 Å². The summed E-state index contributed by atoms with van der Waals surface area (Å²) >= 11 is 0. The number of nitrogens with zero attached hydrogens (tertiary/aromatic N) is 1. The second-order valence-electron chi connectivity index (χ2n) is 5.49. The SMILES string of the molecule is CC.CC.CC(=O)C1CCN(c2ccc(NCCCN)cc2)CC1.[HH]. The summed E-state index contributed by atoms with van der Waals surface area (Å²) < 4.78 is 0. The van der Waals surface area contributed by atoms with Crippen LogP contribution in [-0.2, 0) is 4.79 Å². The summed E-state index contributed by atoms with van der Waals surface area (Å²) in [5.74, 6) is 0.604. The fourth-order valence-corrected chi connectivity index (χ4v) is 2.67. The Bertz CT molecular complexity index is 429. The highest BCUT2D eigenvalue weighted by molar-refractivity contribution is 5.78. The molecule has 0 unspecified atom stereocenters. The summed E-state index contributed by atoms with van der Waals surface area (Å²) in [6.07, 6.45) is 2.94. The van der Waals surface area contributed by atoms with Crippen molar-refractivity contribution in [3.63, 3.8) is 0 Å². The average molecular weight is 338 g/mol. The Morgan fingerprint density at radius 2 is 1.71 bits per heavy atom. The monoisotopic (exact) mass is 337 g/mol. The van der Waals surface area contributed by atoms with Gasteiger partial charge < -0.3 is 16.0 Å². The van der Waals surface area contributed by atoms with Crippen molar-refractivity contribution in [1.82, 2.24) is 0 Å². The van der Waals surface area contributed by atoms with Gasteiger partial charge in [-0.2, -0.15) is 0 Å². The Hall–Kier alpha value is -1.55. The van der Waals surface area contributed by atoms with Gasteiger partial charge in [0.15, 0.2) is 0 Å². The Kier molecular flexibility index (Phi) is 13.0. The van der Waals surface area contributed by atoms with E-state index in [0.717, 1.165) is 51.1 Å². The van der Waals surface area contributed by atoms with E-state index < -0.39 is 0 Å². The molecule has 1 fully saturated rings. The summed E-state index contributed by atoms with van der Waals surface area (Å²) in [6, 6.07) is 8.53. The largest absolute Gasteiger partial charge is 0.385 e. The molecule has 0 amide bonds. The van der Waals surface area contributed by atoms with Crippen LogP contribution in [0.5, 0.6) is 0 Å². The van der Waals surface area contributed by atoms with Crippen LogP contribution in [0.4, 0.5) is 11.4 Å². The summed E-state index contributed by atoms with van der Waals surface area (Å²) in [7, 11) is 0. The Balaban J connectivity index is 0. The lowest BCUT2D eigenvalue weighted by Gasteiger charge is -2.32. The highest BCUT2D eigenvalue weighted by Crippen LogP contribution is 2.24. The van der Waals surface area contributed by atoms with Gasteiger partial charge in [-0.25, -0.2) is 0 Å². The van der Waals surface area contributed by atoms with Gasteiger partial charge in [-0.1, -0.05) is 27.7 Å². The van der Waals surface area contributed by atoms with E-state index in [9.17, 15) is 4.79 Å². The Labute approximate surface area is 150 Å². The molecular weight excluding hydrogens is 298 g/mol. The molecule has 2 rings (SSSR count). The molecule has 1 aliphatic heterocycles. The number of carbonyl (C=O) groups is 1. The van der Waals surface area contributed by atoms with Crippen molar-refractivity contribution >= 4 is 17.2 Å². The van der Waals surface area contributed by atoms with E-state index in [1.807, 2.05) is 27.7 Å². The number of nitrogens with one attached hydrogen (secondary N) is 1. The van der Waals surface area contributed by atoms with Crippen LogP contribution in [0.25, 0.3) is 0 Å². The van der Waals surface area contributed by atoms with Crippen molar-refractivity contribution in [1.29, 1.82) is 0 Å². The number of benzene rings is 1. The van der Waals surface area contributed by atoms with Crippen molar-refractivity contribution in [2.24, 2.45) is 11.7 Å². The van der Waals surface area contributed by atoms with Gasteiger partial charge in [0.05, 0.1) is 0 Å². The number of carbonyl (C=O) groups excluding carboxylic acids is 1. The zero-order valence-corrected chi connectivity index (χ0v) is 16.3. The number of ketones is 1. The molecule has 3 N–H and O–H groups in total. The molecule has 1 aliphatic rings. The van der Waals surface area contributed by atoms with E-state index in [1.54, 1.807) is 6.92 Å². The first-order valence-corrected chi connectivity index (χ1v) is 9.50. The molecule has 0 atom stereocenters. The number of nitrogens with two attached hydrogens (primary N) is 1. The van der Waals surface area contributed by atoms with Gasteiger partial charge >= 0.3 is 0 Å². The van der Waals surface area contributed by atoms with E-state index in [0.29, 0.717) is 5.78 Å². The number of hydrogen-bond donors (Lipinski definition) is 2. The topological polar surface area (TPSA) is 58.4 Å². The summed E-state index contributed by atoms with van der Waals surface area (Å²) in [4.78, 5) is 13.7. The van der Waals surface area contributed by atoms with Crippen molar-refractivity contribution in [2.75, 3.05) is 36.4 Å². The minimum atomic E-state index is 0. The van der Waals surface area contributed by atoms with Gasteiger partial charge in [0, 0.05) is 38.4 Å². The van der Waals surface area contributed by atoms with Crippen LogP contribution in [0.3, 0.4) is 0 Å². The van der Waals surface area contributed by atoms with Crippen molar-refractivity contribution in [2.45, 2.75) is 53.9 Å². The lowest BCUT2D eigenvalue weighted by Crippen LogP contribution is -2.35. The number of hydrogen-bond acceptors (Lipinski definition) is 4. The van der Waals surface area contributed by atoms with Crippen molar-refractivity contribution in [3.8, 4) is 0 Å².